The lowest BCUT2D eigenvalue weighted by Gasteiger charge is -2.24. The second-order valence-corrected chi connectivity index (χ2v) is 9.79. The lowest BCUT2D eigenvalue weighted by Crippen LogP contribution is -2.34. The van der Waals surface area contributed by atoms with E-state index >= 15 is 0 Å². The molecule has 0 spiro atoms. The molecule has 0 unspecified atom stereocenters. The van der Waals surface area contributed by atoms with Gasteiger partial charge in [0.1, 0.15) is 17.5 Å². The topological polar surface area (TPSA) is 81.1 Å². The van der Waals surface area contributed by atoms with Crippen molar-refractivity contribution in [2.45, 2.75) is 59.2 Å². The van der Waals surface area contributed by atoms with Crippen molar-refractivity contribution in [3.63, 3.8) is 0 Å². The number of benzene rings is 1. The molecule has 1 saturated heterocycles. The molecule has 4 rings (SSSR count). The van der Waals surface area contributed by atoms with Crippen molar-refractivity contribution in [2.75, 3.05) is 18.4 Å². The maximum absolute atomic E-state index is 12.5. The first-order valence-corrected chi connectivity index (χ1v) is 11.4. The Morgan fingerprint density at radius 3 is 2.56 bits per heavy atom. The first-order chi connectivity index (χ1) is 15.3. The van der Waals surface area contributed by atoms with Crippen LogP contribution in [0.3, 0.4) is 0 Å². The van der Waals surface area contributed by atoms with E-state index in [9.17, 15) is 4.79 Å². The third kappa shape index (κ3) is 5.46. The summed E-state index contributed by atoms with van der Waals surface area (Å²) in [5, 5.41) is 7.58. The minimum absolute atomic E-state index is 0.00637. The van der Waals surface area contributed by atoms with Gasteiger partial charge in [0.2, 0.25) is 5.95 Å². The second kappa shape index (κ2) is 9.28. The van der Waals surface area contributed by atoms with E-state index in [1.165, 1.54) is 0 Å². The highest BCUT2D eigenvalue weighted by Gasteiger charge is 2.17. The van der Waals surface area contributed by atoms with Gasteiger partial charge < -0.3 is 15.4 Å². The van der Waals surface area contributed by atoms with Crippen molar-refractivity contribution in [2.24, 2.45) is 5.41 Å². The minimum atomic E-state index is -0.0468. The van der Waals surface area contributed by atoms with Gasteiger partial charge in [-0.2, -0.15) is 4.98 Å². The van der Waals surface area contributed by atoms with Gasteiger partial charge in [0.25, 0.3) is 5.56 Å². The van der Waals surface area contributed by atoms with E-state index in [1.54, 1.807) is 22.9 Å². The molecule has 0 amide bonds. The fraction of sp³-hybridized carbons (Fsp3) is 0.480. The molecule has 1 fully saturated rings. The quantitative estimate of drug-likeness (QED) is 0.606. The number of aromatic nitrogens is 3. The van der Waals surface area contributed by atoms with E-state index in [0.29, 0.717) is 18.1 Å². The first-order valence-electron chi connectivity index (χ1n) is 11.4. The predicted molar refractivity (Wildman–Crippen MR) is 128 cm³/mol. The maximum atomic E-state index is 12.5. The van der Waals surface area contributed by atoms with Gasteiger partial charge in [0.15, 0.2) is 0 Å². The molecular formula is C25H33N5O2. The molecule has 3 heterocycles. The molecule has 0 radical (unpaired) electrons. The molecule has 2 aromatic heterocycles. The van der Waals surface area contributed by atoms with E-state index in [4.69, 9.17) is 9.72 Å². The summed E-state index contributed by atoms with van der Waals surface area (Å²) in [4.78, 5) is 21.7. The van der Waals surface area contributed by atoms with Crippen LogP contribution >= 0.6 is 0 Å². The average molecular weight is 436 g/mol. The van der Waals surface area contributed by atoms with Gasteiger partial charge in [-0.15, -0.1) is 0 Å². The highest BCUT2D eigenvalue weighted by atomic mass is 16.5. The number of rotatable bonds is 6. The Morgan fingerprint density at radius 2 is 1.88 bits per heavy atom. The third-order valence-electron chi connectivity index (χ3n) is 5.67. The van der Waals surface area contributed by atoms with Crippen LogP contribution in [0.4, 0.5) is 5.95 Å². The Balaban J connectivity index is 1.50. The van der Waals surface area contributed by atoms with Crippen LogP contribution in [-0.2, 0) is 6.54 Å². The number of pyridine rings is 1. The number of anilines is 1. The summed E-state index contributed by atoms with van der Waals surface area (Å²) < 4.78 is 7.84. The van der Waals surface area contributed by atoms with Gasteiger partial charge in [-0.1, -0.05) is 32.9 Å². The molecule has 1 atom stereocenters. The van der Waals surface area contributed by atoms with E-state index in [0.717, 1.165) is 42.6 Å². The van der Waals surface area contributed by atoms with Crippen LogP contribution in [0.15, 0.2) is 47.4 Å². The molecule has 170 valence electrons. The summed E-state index contributed by atoms with van der Waals surface area (Å²) in [6, 6.07) is 11.6. The number of hydrogen-bond acceptors (Lipinski definition) is 6. The lowest BCUT2D eigenvalue weighted by atomic mass is 9.97. The summed E-state index contributed by atoms with van der Waals surface area (Å²) in [7, 11) is 0. The van der Waals surface area contributed by atoms with Crippen molar-refractivity contribution in [3.8, 4) is 5.75 Å². The van der Waals surface area contributed by atoms with Gasteiger partial charge in [-0.25, -0.2) is 4.98 Å². The minimum Gasteiger partial charge on any atom is -0.490 e. The Morgan fingerprint density at radius 1 is 1.16 bits per heavy atom. The molecule has 0 aliphatic carbocycles. The number of nitrogens with one attached hydrogen (secondary N) is 2. The van der Waals surface area contributed by atoms with Crippen LogP contribution in [0, 0.1) is 5.41 Å². The first kappa shape index (κ1) is 22.3. The Kier molecular flexibility index (Phi) is 6.46. The standard InChI is InChI=1S/C25H33N5O2/c1-17(18-5-8-20(9-6-18)32-21-11-13-26-14-12-21)28-24-27-15-19-7-10-22(31)30(23(19)29-24)16-25(2,3)4/h5-10,15,17,21,26H,11-14,16H2,1-4H3,(H,27,28,29)/t17-/m0/s1. The zero-order valence-electron chi connectivity index (χ0n) is 19.4. The average Bonchev–Trinajstić information content (AvgIpc) is 2.76. The summed E-state index contributed by atoms with van der Waals surface area (Å²) in [5.74, 6) is 1.41. The van der Waals surface area contributed by atoms with Gasteiger partial charge >= 0.3 is 0 Å². The fourth-order valence-electron chi connectivity index (χ4n) is 3.99. The molecule has 0 bridgehead atoms. The molecule has 2 N–H and O–H groups in total. The summed E-state index contributed by atoms with van der Waals surface area (Å²) >= 11 is 0. The van der Waals surface area contributed by atoms with Crippen LogP contribution in [0.2, 0.25) is 0 Å². The molecule has 0 saturated carbocycles. The zero-order chi connectivity index (χ0) is 22.7. The molecule has 1 aromatic carbocycles. The van der Waals surface area contributed by atoms with Crippen molar-refractivity contribution >= 4 is 17.0 Å². The molecule has 7 nitrogen and oxygen atoms in total. The second-order valence-electron chi connectivity index (χ2n) is 9.79. The SMILES string of the molecule is C[C@H](Nc1ncc2ccc(=O)n(CC(C)(C)C)c2n1)c1ccc(OC2CCNCC2)cc1. The van der Waals surface area contributed by atoms with E-state index in [1.807, 2.05) is 12.1 Å². The highest BCUT2D eigenvalue weighted by molar-refractivity contribution is 5.75. The van der Waals surface area contributed by atoms with Crippen LogP contribution in [0.25, 0.3) is 11.0 Å². The Bertz CT molecular complexity index is 1110. The van der Waals surface area contributed by atoms with Crippen LogP contribution in [0.1, 0.15) is 52.1 Å². The Hall–Kier alpha value is -2.93. The van der Waals surface area contributed by atoms with Crippen molar-refractivity contribution < 1.29 is 4.74 Å². The lowest BCUT2D eigenvalue weighted by molar-refractivity contribution is 0.162. The fourth-order valence-corrected chi connectivity index (χ4v) is 3.99. The van der Waals surface area contributed by atoms with Crippen LogP contribution < -0.4 is 20.9 Å². The van der Waals surface area contributed by atoms with E-state index in [-0.39, 0.29) is 23.1 Å². The normalized spacial score (nSPS) is 16.1. The molecule has 32 heavy (non-hydrogen) atoms. The van der Waals surface area contributed by atoms with Gasteiger partial charge in [-0.3, -0.25) is 9.36 Å². The largest absolute Gasteiger partial charge is 0.490 e. The predicted octanol–water partition coefficient (Wildman–Crippen LogP) is 4.14. The van der Waals surface area contributed by atoms with Crippen LogP contribution in [-0.4, -0.2) is 33.7 Å². The highest BCUT2D eigenvalue weighted by Crippen LogP contribution is 2.23. The third-order valence-corrected chi connectivity index (χ3v) is 5.67. The summed E-state index contributed by atoms with van der Waals surface area (Å²) in [6.07, 6.45) is 4.14. The van der Waals surface area contributed by atoms with E-state index < -0.39 is 0 Å². The zero-order valence-corrected chi connectivity index (χ0v) is 19.4. The molecular weight excluding hydrogens is 402 g/mol. The van der Waals surface area contributed by atoms with Crippen LogP contribution in [0.5, 0.6) is 5.75 Å². The summed E-state index contributed by atoms with van der Waals surface area (Å²) in [5.41, 5.74) is 1.69. The van der Waals surface area contributed by atoms with Gasteiger partial charge in [0, 0.05) is 24.2 Å². The van der Waals surface area contributed by atoms with Gasteiger partial charge in [-0.05, 0) is 62.0 Å². The molecule has 1 aliphatic rings. The van der Waals surface area contributed by atoms with Gasteiger partial charge in [0.05, 0.1) is 6.04 Å². The number of piperidine rings is 1. The smallest absolute Gasteiger partial charge is 0.252 e. The van der Waals surface area contributed by atoms with Crippen molar-refractivity contribution in [1.29, 1.82) is 0 Å². The van der Waals surface area contributed by atoms with Crippen molar-refractivity contribution in [1.82, 2.24) is 19.9 Å². The molecule has 7 heteroatoms. The summed E-state index contributed by atoms with van der Waals surface area (Å²) in [6.45, 7) is 11.0. The molecule has 3 aromatic rings. The number of nitrogens with zero attached hydrogens (tertiary/aromatic N) is 3. The maximum Gasteiger partial charge on any atom is 0.252 e. The monoisotopic (exact) mass is 435 g/mol. The van der Waals surface area contributed by atoms with Crippen molar-refractivity contribution in [3.05, 3.63) is 58.5 Å². The number of ether oxygens (including phenoxy) is 1. The number of fused-ring (bicyclic) bond motifs is 1. The molecule has 1 aliphatic heterocycles. The number of hydrogen-bond donors (Lipinski definition) is 2. The van der Waals surface area contributed by atoms with E-state index in [2.05, 4.69) is 55.4 Å². The Labute approximate surface area is 189 Å².